The third kappa shape index (κ3) is 6.39. The molecule has 1 fully saturated rings. The van der Waals surface area contributed by atoms with Crippen LogP contribution >= 0.6 is 11.6 Å². The Morgan fingerprint density at radius 3 is 2.26 bits per heavy atom. The lowest BCUT2D eigenvalue weighted by Crippen LogP contribution is -2.47. The second kappa shape index (κ2) is 12.4. The summed E-state index contributed by atoms with van der Waals surface area (Å²) < 4.78 is 45.7. The minimum atomic E-state index is -4.02. The average molecular weight is 619 g/mol. The van der Waals surface area contributed by atoms with E-state index in [2.05, 4.69) is 10.0 Å². The highest BCUT2D eigenvalue weighted by atomic mass is 35.5. The van der Waals surface area contributed by atoms with E-state index < -0.39 is 10.0 Å². The number of aryl methyl sites for hydroxylation is 1. The van der Waals surface area contributed by atoms with E-state index in [9.17, 15) is 17.6 Å². The molecule has 1 saturated heterocycles. The van der Waals surface area contributed by atoms with E-state index in [4.69, 9.17) is 11.6 Å². The molecular weight excluding hydrogens is 587 g/mol. The average Bonchev–Trinajstić information content (AvgIpc) is 3.02. The number of nitrogens with zero attached hydrogens (tertiary/aromatic N) is 2. The van der Waals surface area contributed by atoms with Gasteiger partial charge in [0.15, 0.2) is 0 Å². The molecule has 2 N–H and O–H groups in total. The Hall–Kier alpha value is -3.92. The monoisotopic (exact) mass is 618 g/mol. The number of carbonyl (C=O) groups excluding carboxylic acids is 1. The number of piperazine rings is 1. The normalized spacial score (nSPS) is 16.9. The molecule has 6 rings (SSSR count). The molecule has 1 atom stereocenters. The van der Waals surface area contributed by atoms with Crippen LogP contribution in [0.15, 0.2) is 95.9 Å². The molecule has 1 aliphatic carbocycles. The standard InChI is InChI=1S/C33H32ClFN4O3S/c34-25-14-12-24(13-15-25)33(40)36-26-16-17-31(39-20-18-38(19-21-39)30-11-4-3-9-28(30)35)32(22-26)43(41,42)37-29-10-5-7-23-6-1-2-8-27(23)29/h1-4,6,8-9,11-17,22,29,37H,5,7,10,18-21H2,(H,36,40)/t29-/m1/s1. The zero-order valence-electron chi connectivity index (χ0n) is 23.5. The predicted molar refractivity (Wildman–Crippen MR) is 169 cm³/mol. The maximum atomic E-state index is 14.4. The number of rotatable bonds is 7. The third-order valence-electron chi connectivity index (χ3n) is 8.09. The van der Waals surface area contributed by atoms with Crippen molar-refractivity contribution in [1.29, 1.82) is 0 Å². The summed E-state index contributed by atoms with van der Waals surface area (Å²) >= 11 is 5.97. The fraction of sp³-hybridized carbons (Fsp3) is 0.242. The number of para-hydroxylation sites is 1. The van der Waals surface area contributed by atoms with E-state index in [-0.39, 0.29) is 22.7 Å². The van der Waals surface area contributed by atoms with Crippen molar-refractivity contribution < 1.29 is 17.6 Å². The van der Waals surface area contributed by atoms with Gasteiger partial charge in [-0.1, -0.05) is 48.0 Å². The van der Waals surface area contributed by atoms with E-state index >= 15 is 0 Å². The van der Waals surface area contributed by atoms with Crippen molar-refractivity contribution >= 4 is 44.6 Å². The minimum Gasteiger partial charge on any atom is -0.367 e. The number of carbonyl (C=O) groups is 1. The van der Waals surface area contributed by atoms with Crippen molar-refractivity contribution in [3.63, 3.8) is 0 Å². The van der Waals surface area contributed by atoms with Gasteiger partial charge >= 0.3 is 0 Å². The molecule has 4 aromatic carbocycles. The van der Waals surface area contributed by atoms with Gasteiger partial charge in [-0.25, -0.2) is 17.5 Å². The van der Waals surface area contributed by atoms with Crippen molar-refractivity contribution in [3.8, 4) is 0 Å². The summed E-state index contributed by atoms with van der Waals surface area (Å²) in [5.41, 5.74) is 3.97. The van der Waals surface area contributed by atoms with Gasteiger partial charge in [-0.3, -0.25) is 4.79 Å². The fourth-order valence-electron chi connectivity index (χ4n) is 5.90. The zero-order valence-corrected chi connectivity index (χ0v) is 25.0. The number of nitrogens with one attached hydrogen (secondary N) is 2. The van der Waals surface area contributed by atoms with E-state index in [0.29, 0.717) is 60.2 Å². The minimum absolute atomic E-state index is 0.0869. The molecule has 0 bridgehead atoms. The van der Waals surface area contributed by atoms with Crippen LogP contribution in [0.3, 0.4) is 0 Å². The van der Waals surface area contributed by atoms with Crippen LogP contribution in [0.2, 0.25) is 5.02 Å². The molecule has 2 aliphatic rings. The molecule has 0 unspecified atom stereocenters. The Labute approximate surface area is 256 Å². The Bertz CT molecular complexity index is 1740. The summed E-state index contributed by atoms with van der Waals surface area (Å²) in [6.45, 7) is 2.05. The highest BCUT2D eigenvalue weighted by Gasteiger charge is 2.30. The molecule has 222 valence electrons. The van der Waals surface area contributed by atoms with Crippen molar-refractivity contribution in [2.75, 3.05) is 41.3 Å². The van der Waals surface area contributed by atoms with Gasteiger partial charge in [-0.15, -0.1) is 0 Å². The summed E-state index contributed by atoms with van der Waals surface area (Å²) in [7, 11) is -4.02. The van der Waals surface area contributed by atoms with E-state index in [1.165, 1.54) is 12.1 Å². The van der Waals surface area contributed by atoms with Gasteiger partial charge in [0.05, 0.1) is 11.4 Å². The molecule has 7 nitrogen and oxygen atoms in total. The van der Waals surface area contributed by atoms with Gasteiger partial charge in [0.25, 0.3) is 5.91 Å². The Morgan fingerprint density at radius 1 is 0.837 bits per heavy atom. The van der Waals surface area contributed by atoms with Crippen LogP contribution in [-0.4, -0.2) is 40.5 Å². The molecule has 1 aliphatic heterocycles. The molecule has 0 radical (unpaired) electrons. The van der Waals surface area contributed by atoms with Crippen LogP contribution in [0.1, 0.15) is 40.4 Å². The molecule has 0 spiro atoms. The number of amides is 1. The second-order valence-electron chi connectivity index (χ2n) is 10.8. The number of hydrogen-bond acceptors (Lipinski definition) is 5. The van der Waals surface area contributed by atoms with Gasteiger partial charge < -0.3 is 15.1 Å². The van der Waals surface area contributed by atoms with E-state index in [0.717, 1.165) is 24.0 Å². The fourth-order valence-corrected chi connectivity index (χ4v) is 7.52. The molecular formula is C33H32ClFN4O3S. The molecule has 10 heteroatoms. The molecule has 0 saturated carbocycles. The van der Waals surface area contributed by atoms with Gasteiger partial charge in [-0.2, -0.15) is 0 Å². The van der Waals surface area contributed by atoms with Crippen molar-refractivity contribution in [1.82, 2.24) is 4.72 Å². The van der Waals surface area contributed by atoms with Crippen molar-refractivity contribution in [2.24, 2.45) is 0 Å². The first-order valence-corrected chi connectivity index (χ1v) is 16.2. The first-order valence-electron chi connectivity index (χ1n) is 14.3. The quantitative estimate of drug-likeness (QED) is 0.250. The number of halogens is 2. The lowest BCUT2D eigenvalue weighted by Gasteiger charge is -2.38. The van der Waals surface area contributed by atoms with Crippen LogP contribution in [-0.2, 0) is 16.4 Å². The highest BCUT2D eigenvalue weighted by Crippen LogP contribution is 2.35. The number of anilines is 3. The maximum Gasteiger partial charge on any atom is 0.255 e. The van der Waals surface area contributed by atoms with Crippen LogP contribution < -0.4 is 19.8 Å². The van der Waals surface area contributed by atoms with E-state index in [1.54, 1.807) is 48.5 Å². The molecule has 4 aromatic rings. The van der Waals surface area contributed by atoms with Crippen molar-refractivity contribution in [2.45, 2.75) is 30.2 Å². The highest BCUT2D eigenvalue weighted by molar-refractivity contribution is 7.89. The van der Waals surface area contributed by atoms with Gasteiger partial charge in [-0.05, 0) is 85.0 Å². The van der Waals surface area contributed by atoms with Crippen molar-refractivity contribution in [3.05, 3.63) is 119 Å². The number of benzene rings is 4. The lowest BCUT2D eigenvalue weighted by atomic mass is 9.88. The molecule has 43 heavy (non-hydrogen) atoms. The number of fused-ring (bicyclic) bond motifs is 1. The van der Waals surface area contributed by atoms with Crippen LogP contribution in [0.5, 0.6) is 0 Å². The summed E-state index contributed by atoms with van der Waals surface area (Å²) in [5, 5.41) is 3.35. The second-order valence-corrected chi connectivity index (χ2v) is 13.0. The summed E-state index contributed by atoms with van der Waals surface area (Å²) in [5.74, 6) is -0.655. The first kappa shape index (κ1) is 29.2. The SMILES string of the molecule is O=C(Nc1ccc(N2CCN(c3ccccc3F)CC2)c(S(=O)(=O)N[C@@H]2CCCc3ccccc32)c1)c1ccc(Cl)cc1. The molecule has 0 aromatic heterocycles. The van der Waals surface area contributed by atoms with Gasteiger partial charge in [0, 0.05) is 48.5 Å². The van der Waals surface area contributed by atoms with E-state index in [1.807, 2.05) is 40.1 Å². The summed E-state index contributed by atoms with van der Waals surface area (Å²) in [6, 6.07) is 25.7. The maximum absolute atomic E-state index is 14.4. The van der Waals surface area contributed by atoms with Crippen LogP contribution in [0.4, 0.5) is 21.5 Å². The zero-order chi connectivity index (χ0) is 30.0. The predicted octanol–water partition coefficient (Wildman–Crippen LogP) is 6.41. The lowest BCUT2D eigenvalue weighted by molar-refractivity contribution is 0.102. The Balaban J connectivity index is 1.30. The van der Waals surface area contributed by atoms with Gasteiger partial charge in [0.2, 0.25) is 10.0 Å². The summed E-state index contributed by atoms with van der Waals surface area (Å²) in [6.07, 6.45) is 2.49. The first-order chi connectivity index (χ1) is 20.8. The topological polar surface area (TPSA) is 81.8 Å². The largest absolute Gasteiger partial charge is 0.367 e. The van der Waals surface area contributed by atoms with Crippen LogP contribution in [0.25, 0.3) is 0 Å². The Morgan fingerprint density at radius 2 is 1.51 bits per heavy atom. The summed E-state index contributed by atoms with van der Waals surface area (Å²) in [4.78, 5) is 17.0. The van der Waals surface area contributed by atoms with Crippen LogP contribution in [0, 0.1) is 5.82 Å². The molecule has 1 amide bonds. The smallest absolute Gasteiger partial charge is 0.255 e. The number of sulfonamides is 1. The number of hydrogen-bond donors (Lipinski definition) is 2. The van der Waals surface area contributed by atoms with Gasteiger partial charge in [0.1, 0.15) is 10.7 Å². The Kier molecular flexibility index (Phi) is 8.38. The third-order valence-corrected chi connectivity index (χ3v) is 9.85. The molecule has 1 heterocycles.